The van der Waals surface area contributed by atoms with E-state index >= 15 is 0 Å². The molecule has 6 heteroatoms. The van der Waals surface area contributed by atoms with E-state index in [1.54, 1.807) is 32.0 Å². The van der Waals surface area contributed by atoms with Crippen molar-refractivity contribution in [1.82, 2.24) is 10.9 Å². The second-order valence-corrected chi connectivity index (χ2v) is 4.14. The molecule has 104 valence electrons. The third-order valence-electron chi connectivity index (χ3n) is 2.47. The topological polar surface area (TPSA) is 76.7 Å². The molecule has 0 aromatic heterocycles. The molecule has 1 aromatic rings. The van der Waals surface area contributed by atoms with Crippen LogP contribution in [0.3, 0.4) is 0 Å². The van der Waals surface area contributed by atoms with E-state index in [4.69, 9.17) is 9.47 Å². The number of hydrogen-bond donors (Lipinski definition) is 2. The number of nitrogens with one attached hydrogen (secondary N) is 2. The maximum Gasteiger partial charge on any atom is 0.273 e. The zero-order valence-corrected chi connectivity index (χ0v) is 11.4. The van der Waals surface area contributed by atoms with Crippen molar-refractivity contribution in [3.05, 3.63) is 23.8 Å². The number of carbonyl (C=O) groups is 2. The lowest BCUT2D eigenvalue weighted by molar-refractivity contribution is -0.124. The van der Waals surface area contributed by atoms with Gasteiger partial charge in [0.2, 0.25) is 5.91 Å². The number of hydrogen-bond acceptors (Lipinski definition) is 4. The van der Waals surface area contributed by atoms with Crippen LogP contribution in [0.5, 0.6) is 11.5 Å². The molecule has 19 heavy (non-hydrogen) atoms. The van der Waals surface area contributed by atoms with Gasteiger partial charge in [-0.05, 0) is 12.1 Å². The minimum atomic E-state index is -0.468. The van der Waals surface area contributed by atoms with E-state index < -0.39 is 5.91 Å². The standard InChI is InChI=1S/C13H18N2O4/c1-8(2)12(16)14-15-13(17)9-6-5-7-10(18-3)11(9)19-4/h5-8H,1-4H3,(H,14,16)(H,15,17). The van der Waals surface area contributed by atoms with Crippen molar-refractivity contribution < 1.29 is 19.1 Å². The van der Waals surface area contributed by atoms with Crippen molar-refractivity contribution in [2.24, 2.45) is 5.92 Å². The summed E-state index contributed by atoms with van der Waals surface area (Å²) < 4.78 is 10.2. The van der Waals surface area contributed by atoms with Gasteiger partial charge in [-0.1, -0.05) is 19.9 Å². The quantitative estimate of drug-likeness (QED) is 0.801. The first kappa shape index (κ1) is 14.8. The SMILES string of the molecule is COc1cccc(C(=O)NNC(=O)C(C)C)c1OC. The number of ether oxygens (including phenoxy) is 2. The van der Waals surface area contributed by atoms with Crippen molar-refractivity contribution in [2.75, 3.05) is 14.2 Å². The van der Waals surface area contributed by atoms with Crippen LogP contribution >= 0.6 is 0 Å². The van der Waals surface area contributed by atoms with Gasteiger partial charge in [-0.25, -0.2) is 0 Å². The first-order valence-electron chi connectivity index (χ1n) is 5.82. The van der Waals surface area contributed by atoms with E-state index in [1.807, 2.05) is 0 Å². The molecule has 0 spiro atoms. The van der Waals surface area contributed by atoms with Crippen LogP contribution in [-0.4, -0.2) is 26.0 Å². The molecule has 1 aromatic carbocycles. The molecule has 0 unspecified atom stereocenters. The summed E-state index contributed by atoms with van der Waals surface area (Å²) in [5.41, 5.74) is 4.95. The van der Waals surface area contributed by atoms with Crippen LogP contribution in [0.1, 0.15) is 24.2 Å². The number of carbonyl (C=O) groups excluding carboxylic acids is 2. The van der Waals surface area contributed by atoms with Crippen molar-refractivity contribution in [2.45, 2.75) is 13.8 Å². The highest BCUT2D eigenvalue weighted by atomic mass is 16.5. The Morgan fingerprint density at radius 1 is 1.11 bits per heavy atom. The van der Waals surface area contributed by atoms with E-state index in [0.717, 1.165) is 0 Å². The molecule has 0 radical (unpaired) electrons. The maximum atomic E-state index is 12.0. The summed E-state index contributed by atoms with van der Waals surface area (Å²) in [4.78, 5) is 23.3. The van der Waals surface area contributed by atoms with Gasteiger partial charge in [-0.3, -0.25) is 20.4 Å². The number of hydrazine groups is 1. The highest BCUT2D eigenvalue weighted by Gasteiger charge is 2.17. The van der Waals surface area contributed by atoms with Gasteiger partial charge in [0.1, 0.15) is 0 Å². The third kappa shape index (κ3) is 3.61. The minimum Gasteiger partial charge on any atom is -0.493 e. The van der Waals surface area contributed by atoms with Crippen molar-refractivity contribution in [1.29, 1.82) is 0 Å². The average molecular weight is 266 g/mol. The van der Waals surface area contributed by atoms with E-state index in [9.17, 15) is 9.59 Å². The molecule has 0 aliphatic heterocycles. The van der Waals surface area contributed by atoms with E-state index in [-0.39, 0.29) is 17.4 Å². The number of rotatable bonds is 4. The Morgan fingerprint density at radius 3 is 2.32 bits per heavy atom. The van der Waals surface area contributed by atoms with Gasteiger partial charge in [0, 0.05) is 5.92 Å². The maximum absolute atomic E-state index is 12.0. The summed E-state index contributed by atoms with van der Waals surface area (Å²) >= 11 is 0. The fraction of sp³-hybridized carbons (Fsp3) is 0.385. The normalized spacial score (nSPS) is 9.95. The predicted molar refractivity (Wildman–Crippen MR) is 70.0 cm³/mol. The summed E-state index contributed by atoms with van der Waals surface area (Å²) in [7, 11) is 2.93. The van der Waals surface area contributed by atoms with Gasteiger partial charge in [-0.2, -0.15) is 0 Å². The zero-order chi connectivity index (χ0) is 14.4. The molecule has 2 N–H and O–H groups in total. The number of benzene rings is 1. The van der Waals surface area contributed by atoms with Crippen molar-refractivity contribution in [3.63, 3.8) is 0 Å². The monoisotopic (exact) mass is 266 g/mol. The fourth-order valence-corrected chi connectivity index (χ4v) is 1.40. The number of amides is 2. The third-order valence-corrected chi connectivity index (χ3v) is 2.47. The van der Waals surface area contributed by atoms with E-state index in [2.05, 4.69) is 10.9 Å². The Morgan fingerprint density at radius 2 is 1.79 bits per heavy atom. The molecule has 0 aliphatic carbocycles. The number of para-hydroxylation sites is 1. The molecule has 0 saturated carbocycles. The lowest BCUT2D eigenvalue weighted by atomic mass is 10.1. The summed E-state index contributed by atoms with van der Waals surface area (Å²) in [5, 5.41) is 0. The first-order chi connectivity index (χ1) is 9.01. The first-order valence-corrected chi connectivity index (χ1v) is 5.82. The Kier molecular flexibility index (Phi) is 5.17. The van der Waals surface area contributed by atoms with Gasteiger partial charge in [0.05, 0.1) is 19.8 Å². The van der Waals surface area contributed by atoms with Crippen molar-refractivity contribution in [3.8, 4) is 11.5 Å². The van der Waals surface area contributed by atoms with Crippen LogP contribution in [0.4, 0.5) is 0 Å². The molecule has 0 atom stereocenters. The molecule has 1 rings (SSSR count). The Balaban J connectivity index is 2.85. The summed E-state index contributed by atoms with van der Waals surface area (Å²) in [5.74, 6) is -0.181. The van der Waals surface area contributed by atoms with Crippen molar-refractivity contribution >= 4 is 11.8 Å². The highest BCUT2D eigenvalue weighted by Crippen LogP contribution is 2.30. The molecule has 0 bridgehead atoms. The molecule has 0 aliphatic rings. The van der Waals surface area contributed by atoms with Crippen LogP contribution in [0.15, 0.2) is 18.2 Å². The van der Waals surface area contributed by atoms with Gasteiger partial charge >= 0.3 is 0 Å². The summed E-state index contributed by atoms with van der Waals surface area (Å²) in [6.45, 7) is 3.46. The van der Waals surface area contributed by atoms with Crippen LogP contribution in [0.25, 0.3) is 0 Å². The largest absolute Gasteiger partial charge is 0.493 e. The Labute approximate surface area is 112 Å². The number of methoxy groups -OCH3 is 2. The molecule has 0 fully saturated rings. The smallest absolute Gasteiger partial charge is 0.273 e. The predicted octanol–water partition coefficient (Wildman–Crippen LogP) is 1.12. The molecule has 0 heterocycles. The van der Waals surface area contributed by atoms with Gasteiger partial charge in [-0.15, -0.1) is 0 Å². The molecule has 6 nitrogen and oxygen atoms in total. The molecule has 2 amide bonds. The van der Waals surface area contributed by atoms with Gasteiger partial charge < -0.3 is 9.47 Å². The van der Waals surface area contributed by atoms with Crippen LogP contribution < -0.4 is 20.3 Å². The fourth-order valence-electron chi connectivity index (χ4n) is 1.40. The summed E-state index contributed by atoms with van der Waals surface area (Å²) in [6, 6.07) is 4.93. The summed E-state index contributed by atoms with van der Waals surface area (Å²) in [6.07, 6.45) is 0. The van der Waals surface area contributed by atoms with Gasteiger partial charge in [0.25, 0.3) is 5.91 Å². The average Bonchev–Trinajstić information content (AvgIpc) is 2.42. The molecular formula is C13H18N2O4. The second kappa shape index (κ2) is 6.63. The molecule has 0 saturated heterocycles. The van der Waals surface area contributed by atoms with E-state index in [0.29, 0.717) is 11.5 Å². The second-order valence-electron chi connectivity index (χ2n) is 4.14. The van der Waals surface area contributed by atoms with Crippen LogP contribution in [0.2, 0.25) is 0 Å². The van der Waals surface area contributed by atoms with Crippen LogP contribution in [0, 0.1) is 5.92 Å². The molecular weight excluding hydrogens is 248 g/mol. The Bertz CT molecular complexity index is 472. The Hall–Kier alpha value is -2.24. The van der Waals surface area contributed by atoms with E-state index in [1.165, 1.54) is 14.2 Å². The van der Waals surface area contributed by atoms with Gasteiger partial charge in [0.15, 0.2) is 11.5 Å². The minimum absolute atomic E-state index is 0.215. The lowest BCUT2D eigenvalue weighted by Gasteiger charge is -2.13. The lowest BCUT2D eigenvalue weighted by Crippen LogP contribution is -2.43. The highest BCUT2D eigenvalue weighted by molar-refractivity contribution is 5.98. The zero-order valence-electron chi connectivity index (χ0n) is 11.4. The van der Waals surface area contributed by atoms with Crippen LogP contribution in [-0.2, 0) is 4.79 Å².